The minimum atomic E-state index is -0.194. The first-order chi connectivity index (χ1) is 10.6. The molecule has 0 fully saturated rings. The molecular formula is C18H23ClN2O2. The lowest BCUT2D eigenvalue weighted by Gasteiger charge is -2.15. The fraction of sp³-hybridized carbons (Fsp3) is 0.278. The number of nitrogens with two attached hydrogens (primary N) is 1. The van der Waals surface area contributed by atoms with Crippen molar-refractivity contribution in [2.24, 2.45) is 11.7 Å². The molecule has 0 radical (unpaired) electrons. The molecule has 2 atom stereocenters. The summed E-state index contributed by atoms with van der Waals surface area (Å²) in [6, 6.07) is 17.1. The Morgan fingerprint density at radius 2 is 1.61 bits per heavy atom. The second-order valence-corrected chi connectivity index (χ2v) is 5.42. The number of para-hydroxylation sites is 1. The van der Waals surface area contributed by atoms with E-state index in [0.29, 0.717) is 6.54 Å². The number of carbonyl (C=O) groups excluding carboxylic acids is 1. The van der Waals surface area contributed by atoms with E-state index < -0.39 is 0 Å². The van der Waals surface area contributed by atoms with E-state index in [1.165, 1.54) is 0 Å². The van der Waals surface area contributed by atoms with Crippen LogP contribution < -0.4 is 15.8 Å². The summed E-state index contributed by atoms with van der Waals surface area (Å²) in [6.45, 7) is 4.15. The quantitative estimate of drug-likeness (QED) is 0.849. The van der Waals surface area contributed by atoms with Crippen molar-refractivity contribution in [2.45, 2.75) is 26.4 Å². The van der Waals surface area contributed by atoms with Gasteiger partial charge in [-0.2, -0.15) is 0 Å². The van der Waals surface area contributed by atoms with Gasteiger partial charge in [0, 0.05) is 18.5 Å². The van der Waals surface area contributed by atoms with Crippen LogP contribution in [0.1, 0.15) is 19.4 Å². The molecule has 5 heteroatoms. The van der Waals surface area contributed by atoms with Crippen LogP contribution in [0.2, 0.25) is 0 Å². The molecule has 0 aliphatic carbocycles. The number of ether oxygens (including phenoxy) is 1. The molecule has 2 unspecified atom stereocenters. The van der Waals surface area contributed by atoms with E-state index in [4.69, 9.17) is 10.5 Å². The molecule has 0 aliphatic heterocycles. The molecule has 3 N–H and O–H groups in total. The monoisotopic (exact) mass is 334 g/mol. The zero-order valence-electron chi connectivity index (χ0n) is 13.4. The van der Waals surface area contributed by atoms with Crippen molar-refractivity contribution in [2.75, 3.05) is 0 Å². The second kappa shape index (κ2) is 9.18. The Hall–Kier alpha value is -2.04. The maximum absolute atomic E-state index is 11.9. The third-order valence-corrected chi connectivity index (χ3v) is 3.57. The van der Waals surface area contributed by atoms with Crippen molar-refractivity contribution in [1.29, 1.82) is 0 Å². The highest BCUT2D eigenvalue weighted by atomic mass is 35.5. The number of rotatable bonds is 6. The van der Waals surface area contributed by atoms with Crippen LogP contribution in [0.3, 0.4) is 0 Å². The van der Waals surface area contributed by atoms with E-state index in [1.54, 1.807) is 0 Å². The van der Waals surface area contributed by atoms with Crippen LogP contribution in [0, 0.1) is 5.92 Å². The van der Waals surface area contributed by atoms with Gasteiger partial charge in [-0.05, 0) is 36.8 Å². The topological polar surface area (TPSA) is 64.4 Å². The van der Waals surface area contributed by atoms with Crippen molar-refractivity contribution in [3.05, 3.63) is 60.2 Å². The molecule has 0 saturated heterocycles. The van der Waals surface area contributed by atoms with Crippen molar-refractivity contribution >= 4 is 18.3 Å². The summed E-state index contributed by atoms with van der Waals surface area (Å²) in [5.41, 5.74) is 6.74. The van der Waals surface area contributed by atoms with E-state index in [0.717, 1.165) is 17.1 Å². The predicted octanol–water partition coefficient (Wildman–Crippen LogP) is 3.50. The van der Waals surface area contributed by atoms with E-state index >= 15 is 0 Å². The van der Waals surface area contributed by atoms with Gasteiger partial charge >= 0.3 is 0 Å². The van der Waals surface area contributed by atoms with E-state index in [1.807, 2.05) is 68.4 Å². The first-order valence-electron chi connectivity index (χ1n) is 7.41. The fourth-order valence-electron chi connectivity index (χ4n) is 1.89. The van der Waals surface area contributed by atoms with Gasteiger partial charge < -0.3 is 15.8 Å². The Kier molecular flexibility index (Phi) is 7.59. The van der Waals surface area contributed by atoms with Gasteiger partial charge in [0.25, 0.3) is 0 Å². The van der Waals surface area contributed by atoms with Gasteiger partial charge in [0.15, 0.2) is 0 Å². The SMILES string of the molecule is CC(N)C(C)C(=O)NCc1ccc(Oc2ccccc2)cc1.Cl. The smallest absolute Gasteiger partial charge is 0.224 e. The third-order valence-electron chi connectivity index (χ3n) is 3.57. The molecule has 2 aromatic rings. The molecule has 23 heavy (non-hydrogen) atoms. The molecule has 0 aliphatic rings. The van der Waals surface area contributed by atoms with Crippen molar-refractivity contribution in [3.63, 3.8) is 0 Å². The molecule has 0 saturated carbocycles. The minimum absolute atomic E-state index is 0. The molecule has 0 heterocycles. The summed E-state index contributed by atoms with van der Waals surface area (Å²) < 4.78 is 5.72. The first-order valence-corrected chi connectivity index (χ1v) is 7.41. The second-order valence-electron chi connectivity index (χ2n) is 5.42. The maximum Gasteiger partial charge on any atom is 0.224 e. The van der Waals surface area contributed by atoms with Crippen LogP contribution in [0.4, 0.5) is 0 Å². The molecule has 2 aromatic carbocycles. The summed E-state index contributed by atoms with van der Waals surface area (Å²) >= 11 is 0. The molecule has 0 aromatic heterocycles. The van der Waals surface area contributed by atoms with E-state index in [9.17, 15) is 4.79 Å². The molecule has 124 valence electrons. The van der Waals surface area contributed by atoms with Crippen molar-refractivity contribution < 1.29 is 9.53 Å². The number of hydrogen-bond donors (Lipinski definition) is 2. The van der Waals surface area contributed by atoms with Crippen LogP contribution in [0.15, 0.2) is 54.6 Å². The van der Waals surface area contributed by atoms with Gasteiger partial charge in [-0.3, -0.25) is 4.79 Å². The van der Waals surface area contributed by atoms with Gasteiger partial charge in [0.2, 0.25) is 5.91 Å². The largest absolute Gasteiger partial charge is 0.457 e. The van der Waals surface area contributed by atoms with Crippen LogP contribution in [-0.2, 0) is 11.3 Å². The fourth-order valence-corrected chi connectivity index (χ4v) is 1.89. The van der Waals surface area contributed by atoms with Gasteiger partial charge in [0.1, 0.15) is 11.5 Å². The Balaban J connectivity index is 0.00000264. The summed E-state index contributed by atoms with van der Waals surface area (Å²) in [5.74, 6) is 1.35. The van der Waals surface area contributed by atoms with Crippen LogP contribution in [0.25, 0.3) is 0 Å². The highest BCUT2D eigenvalue weighted by Crippen LogP contribution is 2.21. The minimum Gasteiger partial charge on any atom is -0.457 e. The number of benzene rings is 2. The molecule has 4 nitrogen and oxygen atoms in total. The molecule has 1 amide bonds. The van der Waals surface area contributed by atoms with Crippen molar-refractivity contribution in [3.8, 4) is 11.5 Å². The highest BCUT2D eigenvalue weighted by molar-refractivity contribution is 5.85. The van der Waals surface area contributed by atoms with Crippen molar-refractivity contribution in [1.82, 2.24) is 5.32 Å². The number of amides is 1. The number of carbonyl (C=O) groups is 1. The lowest BCUT2D eigenvalue weighted by atomic mass is 10.0. The average molecular weight is 335 g/mol. The Morgan fingerprint density at radius 3 is 2.17 bits per heavy atom. The summed E-state index contributed by atoms with van der Waals surface area (Å²) in [7, 11) is 0. The maximum atomic E-state index is 11.9. The number of halogens is 1. The number of nitrogens with one attached hydrogen (secondary N) is 1. The van der Waals surface area contributed by atoms with Gasteiger partial charge in [-0.1, -0.05) is 37.3 Å². The summed E-state index contributed by atoms with van der Waals surface area (Å²) in [4.78, 5) is 11.9. The average Bonchev–Trinajstić information content (AvgIpc) is 2.54. The molecule has 2 rings (SSSR count). The Bertz CT molecular complexity index is 600. The standard InChI is InChI=1S/C18H22N2O2.ClH/c1-13(14(2)19)18(21)20-12-15-8-10-17(11-9-15)22-16-6-4-3-5-7-16;/h3-11,13-14H,12,19H2,1-2H3,(H,20,21);1H. The normalized spacial score (nSPS) is 12.7. The Labute approximate surface area is 143 Å². The predicted molar refractivity (Wildman–Crippen MR) is 94.9 cm³/mol. The van der Waals surface area contributed by atoms with Crippen LogP contribution in [-0.4, -0.2) is 11.9 Å². The molecule has 0 bridgehead atoms. The van der Waals surface area contributed by atoms with Gasteiger partial charge in [0.05, 0.1) is 0 Å². The van der Waals surface area contributed by atoms with E-state index in [2.05, 4.69) is 5.32 Å². The molecule has 0 spiro atoms. The zero-order chi connectivity index (χ0) is 15.9. The first kappa shape index (κ1) is 19.0. The highest BCUT2D eigenvalue weighted by Gasteiger charge is 2.16. The zero-order valence-corrected chi connectivity index (χ0v) is 14.2. The lowest BCUT2D eigenvalue weighted by molar-refractivity contribution is -0.125. The third kappa shape index (κ3) is 5.93. The van der Waals surface area contributed by atoms with Gasteiger partial charge in [-0.15, -0.1) is 12.4 Å². The molecular weight excluding hydrogens is 312 g/mol. The Morgan fingerprint density at radius 1 is 1.04 bits per heavy atom. The van der Waals surface area contributed by atoms with Gasteiger partial charge in [-0.25, -0.2) is 0 Å². The van der Waals surface area contributed by atoms with Crippen LogP contribution >= 0.6 is 12.4 Å². The number of hydrogen-bond acceptors (Lipinski definition) is 3. The summed E-state index contributed by atoms with van der Waals surface area (Å²) in [6.07, 6.45) is 0. The van der Waals surface area contributed by atoms with E-state index in [-0.39, 0.29) is 30.3 Å². The summed E-state index contributed by atoms with van der Waals surface area (Å²) in [5, 5.41) is 2.89. The lowest BCUT2D eigenvalue weighted by Crippen LogP contribution is -2.38. The van der Waals surface area contributed by atoms with Crippen LogP contribution in [0.5, 0.6) is 11.5 Å².